The van der Waals surface area contributed by atoms with Crippen LogP contribution >= 0.6 is 0 Å². The quantitative estimate of drug-likeness (QED) is 0.468. The normalized spacial score (nSPS) is 10.6. The van der Waals surface area contributed by atoms with Gasteiger partial charge in [-0.2, -0.15) is 5.10 Å². The smallest absolute Gasteiger partial charge is 0.335 e. The van der Waals surface area contributed by atoms with Crippen LogP contribution in [0.5, 0.6) is 17.2 Å². The summed E-state index contributed by atoms with van der Waals surface area (Å²) in [6.45, 7) is 6.76. The minimum atomic E-state index is -1.01. The Hall–Kier alpha value is -3.55. The highest BCUT2D eigenvalue weighted by Crippen LogP contribution is 2.39. The maximum atomic E-state index is 12.5. The van der Waals surface area contributed by atoms with Gasteiger partial charge in [0.2, 0.25) is 5.75 Å². The van der Waals surface area contributed by atoms with Gasteiger partial charge in [0, 0.05) is 5.56 Å². The summed E-state index contributed by atoms with van der Waals surface area (Å²) < 4.78 is 16.8. The molecule has 154 valence electrons. The van der Waals surface area contributed by atoms with Gasteiger partial charge in [-0.1, -0.05) is 12.1 Å². The van der Waals surface area contributed by atoms with Crippen molar-refractivity contribution in [2.75, 3.05) is 19.8 Å². The lowest BCUT2D eigenvalue weighted by Gasteiger charge is -2.16. The van der Waals surface area contributed by atoms with Gasteiger partial charge in [-0.05, 0) is 50.6 Å². The predicted molar refractivity (Wildman–Crippen MR) is 108 cm³/mol. The summed E-state index contributed by atoms with van der Waals surface area (Å²) in [7, 11) is 0. The van der Waals surface area contributed by atoms with Crippen molar-refractivity contribution >= 4 is 18.1 Å². The number of ether oxygens (including phenoxy) is 3. The fourth-order valence-corrected chi connectivity index (χ4v) is 2.46. The molecular formula is C21H24N2O6. The van der Waals surface area contributed by atoms with Crippen LogP contribution in [0.15, 0.2) is 41.5 Å². The number of aromatic carboxylic acids is 1. The van der Waals surface area contributed by atoms with Gasteiger partial charge in [0.25, 0.3) is 5.91 Å². The van der Waals surface area contributed by atoms with E-state index in [1.54, 1.807) is 24.3 Å². The summed E-state index contributed by atoms with van der Waals surface area (Å²) in [6.07, 6.45) is 1.42. The van der Waals surface area contributed by atoms with Gasteiger partial charge in [0.05, 0.1) is 31.6 Å². The predicted octanol–water partition coefficient (Wildman–Crippen LogP) is 3.34. The lowest BCUT2D eigenvalue weighted by atomic mass is 10.1. The molecular weight excluding hydrogens is 376 g/mol. The number of carboxylic acids is 1. The minimum absolute atomic E-state index is 0.174. The topological polar surface area (TPSA) is 106 Å². The number of hydrazone groups is 1. The third-order valence-corrected chi connectivity index (χ3v) is 3.71. The van der Waals surface area contributed by atoms with Crippen molar-refractivity contribution in [3.8, 4) is 17.2 Å². The Morgan fingerprint density at radius 2 is 1.48 bits per heavy atom. The SMILES string of the molecule is CCOc1cc(C(=O)NN=Cc2ccc(C(=O)O)cc2)cc(OCC)c1OCC. The number of carbonyl (C=O) groups excluding carboxylic acids is 1. The van der Waals surface area contributed by atoms with Gasteiger partial charge in [0.15, 0.2) is 11.5 Å². The van der Waals surface area contributed by atoms with Gasteiger partial charge in [-0.15, -0.1) is 0 Å². The number of nitrogens with one attached hydrogen (secondary N) is 1. The van der Waals surface area contributed by atoms with Crippen molar-refractivity contribution in [3.63, 3.8) is 0 Å². The molecule has 0 saturated carbocycles. The molecule has 2 aromatic rings. The third kappa shape index (κ3) is 5.97. The number of hydrogen-bond acceptors (Lipinski definition) is 6. The Morgan fingerprint density at radius 1 is 0.931 bits per heavy atom. The van der Waals surface area contributed by atoms with Crippen LogP contribution in [-0.4, -0.2) is 43.0 Å². The Kier molecular flexibility index (Phi) is 8.02. The Bertz CT molecular complexity index is 850. The summed E-state index contributed by atoms with van der Waals surface area (Å²) in [6, 6.07) is 9.25. The lowest BCUT2D eigenvalue weighted by Crippen LogP contribution is -2.18. The van der Waals surface area contributed by atoms with Crippen molar-refractivity contribution in [1.82, 2.24) is 5.43 Å². The zero-order valence-electron chi connectivity index (χ0n) is 16.6. The van der Waals surface area contributed by atoms with E-state index in [2.05, 4.69) is 10.5 Å². The second-order valence-electron chi connectivity index (χ2n) is 5.73. The highest BCUT2D eigenvalue weighted by atomic mass is 16.5. The molecule has 8 nitrogen and oxygen atoms in total. The summed E-state index contributed by atoms with van der Waals surface area (Å²) in [4.78, 5) is 23.4. The number of nitrogens with zero attached hydrogens (tertiary/aromatic N) is 1. The standard InChI is InChI=1S/C21H24N2O6/c1-4-27-17-11-16(12-18(28-5-2)19(17)29-6-3)20(24)23-22-13-14-7-9-15(10-8-14)21(25)26/h7-13H,4-6H2,1-3H3,(H,23,24)(H,25,26). The highest BCUT2D eigenvalue weighted by molar-refractivity contribution is 5.96. The van der Waals surface area contributed by atoms with Crippen LogP contribution in [0.2, 0.25) is 0 Å². The van der Waals surface area contributed by atoms with Crippen LogP contribution < -0.4 is 19.6 Å². The van der Waals surface area contributed by atoms with Gasteiger partial charge < -0.3 is 19.3 Å². The molecule has 0 radical (unpaired) electrons. The van der Waals surface area contributed by atoms with Gasteiger partial charge in [0.1, 0.15) is 0 Å². The summed E-state index contributed by atoms with van der Waals surface area (Å²) >= 11 is 0. The second kappa shape index (κ2) is 10.7. The van der Waals surface area contributed by atoms with E-state index in [0.717, 1.165) is 0 Å². The monoisotopic (exact) mass is 400 g/mol. The highest BCUT2D eigenvalue weighted by Gasteiger charge is 2.18. The molecule has 0 atom stereocenters. The molecule has 0 aromatic heterocycles. The number of carbonyl (C=O) groups is 2. The van der Waals surface area contributed by atoms with E-state index >= 15 is 0 Å². The molecule has 0 fully saturated rings. The molecule has 0 unspecified atom stereocenters. The van der Waals surface area contributed by atoms with Crippen molar-refractivity contribution in [3.05, 3.63) is 53.1 Å². The van der Waals surface area contributed by atoms with Crippen molar-refractivity contribution in [2.45, 2.75) is 20.8 Å². The van der Waals surface area contributed by atoms with E-state index in [-0.39, 0.29) is 5.56 Å². The maximum Gasteiger partial charge on any atom is 0.335 e. The molecule has 1 amide bonds. The number of amides is 1. The third-order valence-electron chi connectivity index (χ3n) is 3.71. The first-order valence-electron chi connectivity index (χ1n) is 9.23. The van der Waals surface area contributed by atoms with E-state index in [4.69, 9.17) is 19.3 Å². The molecule has 0 saturated heterocycles. The Labute approximate surface area is 169 Å². The summed E-state index contributed by atoms with van der Waals surface area (Å²) in [5, 5.41) is 12.8. The minimum Gasteiger partial charge on any atom is -0.490 e. The van der Waals surface area contributed by atoms with Crippen molar-refractivity contribution in [2.24, 2.45) is 5.10 Å². The molecule has 2 rings (SSSR count). The van der Waals surface area contributed by atoms with Crippen molar-refractivity contribution in [1.29, 1.82) is 0 Å². The molecule has 0 heterocycles. The van der Waals surface area contributed by atoms with Crippen LogP contribution in [0.25, 0.3) is 0 Å². The first kappa shape index (κ1) is 21.7. The first-order chi connectivity index (χ1) is 14.0. The molecule has 0 aliphatic rings. The number of rotatable bonds is 10. The summed E-state index contributed by atoms with van der Waals surface area (Å²) in [5.74, 6) is -0.173. The van der Waals surface area contributed by atoms with Gasteiger partial charge in [-0.25, -0.2) is 10.2 Å². The van der Waals surface area contributed by atoms with E-state index < -0.39 is 11.9 Å². The van der Waals surface area contributed by atoms with E-state index in [0.29, 0.717) is 48.2 Å². The Morgan fingerprint density at radius 3 is 1.97 bits per heavy atom. The zero-order chi connectivity index (χ0) is 21.2. The second-order valence-corrected chi connectivity index (χ2v) is 5.73. The molecule has 0 bridgehead atoms. The Balaban J connectivity index is 2.19. The van der Waals surface area contributed by atoms with Gasteiger partial charge in [-0.3, -0.25) is 4.79 Å². The average molecular weight is 400 g/mol. The lowest BCUT2D eigenvalue weighted by molar-refractivity contribution is 0.0696. The zero-order valence-corrected chi connectivity index (χ0v) is 16.6. The fraction of sp³-hybridized carbons (Fsp3) is 0.286. The molecule has 0 aliphatic heterocycles. The molecule has 2 aromatic carbocycles. The van der Waals surface area contributed by atoms with Crippen LogP contribution in [0, 0.1) is 0 Å². The van der Waals surface area contributed by atoms with Crippen LogP contribution in [-0.2, 0) is 0 Å². The van der Waals surface area contributed by atoms with E-state index in [1.807, 2.05) is 20.8 Å². The number of hydrogen-bond donors (Lipinski definition) is 2. The van der Waals surface area contributed by atoms with Crippen molar-refractivity contribution < 1.29 is 28.9 Å². The molecule has 29 heavy (non-hydrogen) atoms. The largest absolute Gasteiger partial charge is 0.490 e. The molecule has 8 heteroatoms. The van der Waals surface area contributed by atoms with E-state index in [1.165, 1.54) is 18.3 Å². The average Bonchev–Trinajstić information content (AvgIpc) is 2.70. The van der Waals surface area contributed by atoms with E-state index in [9.17, 15) is 9.59 Å². The van der Waals surface area contributed by atoms with Crippen LogP contribution in [0.3, 0.4) is 0 Å². The molecule has 0 aliphatic carbocycles. The van der Waals surface area contributed by atoms with Crippen LogP contribution in [0.1, 0.15) is 47.1 Å². The maximum absolute atomic E-state index is 12.5. The van der Waals surface area contributed by atoms with Crippen LogP contribution in [0.4, 0.5) is 0 Å². The first-order valence-corrected chi connectivity index (χ1v) is 9.23. The molecule has 2 N–H and O–H groups in total. The number of benzene rings is 2. The molecule has 0 spiro atoms. The fourth-order valence-electron chi connectivity index (χ4n) is 2.46. The number of carboxylic acid groups (broad SMARTS) is 1. The summed E-state index contributed by atoms with van der Waals surface area (Å²) in [5.41, 5.74) is 3.56. The van der Waals surface area contributed by atoms with Gasteiger partial charge >= 0.3 is 5.97 Å².